The lowest BCUT2D eigenvalue weighted by atomic mass is 10.1. The molecule has 3 rings (SSSR count). The summed E-state index contributed by atoms with van der Waals surface area (Å²) >= 11 is 0. The van der Waals surface area contributed by atoms with Gasteiger partial charge in [0.2, 0.25) is 0 Å². The molecule has 1 saturated heterocycles. The van der Waals surface area contributed by atoms with E-state index < -0.39 is 0 Å². The van der Waals surface area contributed by atoms with Crippen LogP contribution in [0.4, 0.5) is 5.69 Å². The number of carbonyl (C=O) groups is 1. The van der Waals surface area contributed by atoms with Crippen LogP contribution in [0.25, 0.3) is 10.8 Å². The van der Waals surface area contributed by atoms with Crippen LogP contribution in [0.2, 0.25) is 0 Å². The second-order valence-corrected chi connectivity index (χ2v) is 5.92. The van der Waals surface area contributed by atoms with E-state index in [1.807, 2.05) is 24.3 Å². The van der Waals surface area contributed by atoms with Crippen LogP contribution in [0.5, 0.6) is 0 Å². The number of likely N-dealkylation sites (tertiary alicyclic amines) is 1. The molecule has 1 aliphatic rings. The molecule has 1 amide bonds. The molecule has 0 aromatic heterocycles. The molecule has 0 bridgehead atoms. The minimum atomic E-state index is 0.128. The normalized spacial score (nSPS) is 16.6. The average Bonchev–Trinajstić information content (AvgIpc) is 2.76. The SMILES string of the molecule is O=C(C[NH+]1CCCCCC1)Nc1cccc2ccccc12. The maximum absolute atomic E-state index is 12.3. The molecule has 1 fully saturated rings. The second-order valence-electron chi connectivity index (χ2n) is 5.92. The van der Waals surface area contributed by atoms with Crippen molar-refractivity contribution in [1.82, 2.24) is 0 Å². The van der Waals surface area contributed by atoms with Gasteiger partial charge in [-0.25, -0.2) is 0 Å². The molecular formula is C18H23N2O+. The summed E-state index contributed by atoms with van der Waals surface area (Å²) in [5, 5.41) is 5.37. The van der Waals surface area contributed by atoms with Gasteiger partial charge in [-0.15, -0.1) is 0 Å². The molecule has 0 atom stereocenters. The monoisotopic (exact) mass is 283 g/mol. The molecule has 21 heavy (non-hydrogen) atoms. The standard InChI is InChI=1S/C18H22N2O/c21-18(14-20-12-5-1-2-6-13-20)19-17-11-7-9-15-8-3-4-10-16(15)17/h3-4,7-11H,1-2,5-6,12-14H2,(H,19,21)/p+1. The van der Waals surface area contributed by atoms with Gasteiger partial charge in [-0.2, -0.15) is 0 Å². The molecule has 0 spiro atoms. The van der Waals surface area contributed by atoms with Crippen LogP contribution in [0, 0.1) is 0 Å². The fourth-order valence-electron chi connectivity index (χ4n) is 3.16. The zero-order valence-corrected chi connectivity index (χ0v) is 12.4. The summed E-state index contributed by atoms with van der Waals surface area (Å²) < 4.78 is 0. The second kappa shape index (κ2) is 6.72. The third-order valence-electron chi connectivity index (χ3n) is 4.28. The lowest BCUT2D eigenvalue weighted by Gasteiger charge is -2.17. The Morgan fingerprint density at radius 3 is 2.48 bits per heavy atom. The highest BCUT2D eigenvalue weighted by atomic mass is 16.2. The number of hydrogen-bond acceptors (Lipinski definition) is 1. The Bertz CT molecular complexity index is 610. The molecule has 1 heterocycles. The van der Waals surface area contributed by atoms with Gasteiger partial charge in [-0.05, 0) is 37.1 Å². The van der Waals surface area contributed by atoms with Crippen molar-refractivity contribution in [2.75, 3.05) is 25.0 Å². The molecule has 2 N–H and O–H groups in total. The summed E-state index contributed by atoms with van der Waals surface area (Å²) in [7, 11) is 0. The zero-order chi connectivity index (χ0) is 14.5. The molecule has 0 unspecified atom stereocenters. The summed E-state index contributed by atoms with van der Waals surface area (Å²) in [5.74, 6) is 0.128. The molecule has 3 heteroatoms. The van der Waals surface area contributed by atoms with Crippen LogP contribution < -0.4 is 10.2 Å². The number of hydrogen-bond donors (Lipinski definition) is 2. The van der Waals surface area contributed by atoms with E-state index in [-0.39, 0.29) is 5.91 Å². The molecule has 0 saturated carbocycles. The van der Waals surface area contributed by atoms with Gasteiger partial charge in [-0.3, -0.25) is 4.79 Å². The summed E-state index contributed by atoms with van der Waals surface area (Å²) in [5.41, 5.74) is 0.923. The molecule has 110 valence electrons. The van der Waals surface area contributed by atoms with Crippen LogP contribution in [-0.4, -0.2) is 25.5 Å². The van der Waals surface area contributed by atoms with Gasteiger partial charge in [0.15, 0.2) is 6.54 Å². The Kier molecular flexibility index (Phi) is 4.51. The van der Waals surface area contributed by atoms with Crippen LogP contribution in [0.3, 0.4) is 0 Å². The lowest BCUT2D eigenvalue weighted by molar-refractivity contribution is -0.890. The fourth-order valence-corrected chi connectivity index (χ4v) is 3.16. The van der Waals surface area contributed by atoms with E-state index in [1.165, 1.54) is 30.6 Å². The first-order chi connectivity index (χ1) is 10.3. The third kappa shape index (κ3) is 3.61. The minimum Gasteiger partial charge on any atom is -0.327 e. The number of carbonyl (C=O) groups excluding carboxylic acids is 1. The molecule has 0 aliphatic carbocycles. The number of fused-ring (bicyclic) bond motifs is 1. The highest BCUT2D eigenvalue weighted by molar-refractivity contribution is 6.02. The van der Waals surface area contributed by atoms with Crippen LogP contribution in [0.1, 0.15) is 25.7 Å². The Morgan fingerprint density at radius 1 is 0.952 bits per heavy atom. The highest BCUT2D eigenvalue weighted by Gasteiger charge is 2.16. The van der Waals surface area contributed by atoms with E-state index in [0.717, 1.165) is 29.5 Å². The molecule has 0 radical (unpaired) electrons. The van der Waals surface area contributed by atoms with Crippen molar-refractivity contribution in [3.63, 3.8) is 0 Å². The first-order valence-electron chi connectivity index (χ1n) is 7.94. The van der Waals surface area contributed by atoms with Crippen molar-refractivity contribution < 1.29 is 9.69 Å². The topological polar surface area (TPSA) is 33.5 Å². The summed E-state index contributed by atoms with van der Waals surface area (Å²) in [6.45, 7) is 2.84. The molecule has 2 aromatic carbocycles. The quantitative estimate of drug-likeness (QED) is 0.890. The summed E-state index contributed by atoms with van der Waals surface area (Å²) in [6, 6.07) is 14.2. The Morgan fingerprint density at radius 2 is 1.67 bits per heavy atom. The van der Waals surface area contributed by atoms with Crippen LogP contribution in [0.15, 0.2) is 42.5 Å². The van der Waals surface area contributed by atoms with E-state index in [4.69, 9.17) is 0 Å². The number of rotatable bonds is 3. The van der Waals surface area contributed by atoms with Crippen LogP contribution >= 0.6 is 0 Å². The van der Waals surface area contributed by atoms with Crippen molar-refractivity contribution in [2.45, 2.75) is 25.7 Å². The predicted octanol–water partition coefficient (Wildman–Crippen LogP) is 2.24. The zero-order valence-electron chi connectivity index (χ0n) is 12.4. The number of amides is 1. The first-order valence-corrected chi connectivity index (χ1v) is 7.94. The van der Waals surface area contributed by atoms with Crippen molar-refractivity contribution in [2.24, 2.45) is 0 Å². The number of quaternary nitrogens is 1. The number of nitrogens with one attached hydrogen (secondary N) is 2. The summed E-state index contributed by atoms with van der Waals surface area (Å²) in [6.07, 6.45) is 5.12. The highest BCUT2D eigenvalue weighted by Crippen LogP contribution is 2.22. The maximum Gasteiger partial charge on any atom is 0.279 e. The smallest absolute Gasteiger partial charge is 0.279 e. The molecular weight excluding hydrogens is 260 g/mol. The Hall–Kier alpha value is -1.87. The van der Waals surface area contributed by atoms with E-state index in [2.05, 4.69) is 23.5 Å². The van der Waals surface area contributed by atoms with Gasteiger partial charge in [0.05, 0.1) is 13.1 Å². The van der Waals surface area contributed by atoms with E-state index in [0.29, 0.717) is 6.54 Å². The minimum absolute atomic E-state index is 0.128. The van der Waals surface area contributed by atoms with E-state index in [1.54, 1.807) is 0 Å². The van der Waals surface area contributed by atoms with E-state index >= 15 is 0 Å². The number of anilines is 1. The van der Waals surface area contributed by atoms with Gasteiger partial charge in [0.25, 0.3) is 5.91 Å². The number of benzene rings is 2. The average molecular weight is 283 g/mol. The van der Waals surface area contributed by atoms with Crippen molar-refractivity contribution in [1.29, 1.82) is 0 Å². The largest absolute Gasteiger partial charge is 0.327 e. The van der Waals surface area contributed by atoms with E-state index in [9.17, 15) is 4.79 Å². The van der Waals surface area contributed by atoms with Gasteiger partial charge in [0, 0.05) is 11.1 Å². The fraction of sp³-hybridized carbons (Fsp3) is 0.389. The van der Waals surface area contributed by atoms with Gasteiger partial charge < -0.3 is 10.2 Å². The summed E-state index contributed by atoms with van der Waals surface area (Å²) in [4.78, 5) is 13.7. The first kappa shape index (κ1) is 14.1. The molecule has 3 nitrogen and oxygen atoms in total. The van der Waals surface area contributed by atoms with Crippen molar-refractivity contribution in [3.05, 3.63) is 42.5 Å². The van der Waals surface area contributed by atoms with Crippen molar-refractivity contribution in [3.8, 4) is 0 Å². The predicted molar refractivity (Wildman–Crippen MR) is 86.6 cm³/mol. The molecule has 2 aromatic rings. The van der Waals surface area contributed by atoms with Gasteiger partial charge >= 0.3 is 0 Å². The Balaban J connectivity index is 1.68. The third-order valence-corrected chi connectivity index (χ3v) is 4.28. The van der Waals surface area contributed by atoms with Crippen molar-refractivity contribution >= 4 is 22.4 Å². The van der Waals surface area contributed by atoms with Gasteiger partial charge in [0.1, 0.15) is 0 Å². The maximum atomic E-state index is 12.3. The van der Waals surface area contributed by atoms with Gasteiger partial charge in [-0.1, -0.05) is 36.4 Å². The Labute approximate surface area is 125 Å². The van der Waals surface area contributed by atoms with Crippen LogP contribution in [-0.2, 0) is 4.79 Å². The lowest BCUT2D eigenvalue weighted by Crippen LogP contribution is -3.12. The molecule has 1 aliphatic heterocycles.